The highest BCUT2D eigenvalue weighted by atomic mass is 79.9. The average Bonchev–Trinajstić information content (AvgIpc) is 2.33. The maximum Gasteiger partial charge on any atom is 0.0318 e. The van der Waals surface area contributed by atoms with Crippen LogP contribution in [-0.4, -0.2) is 6.54 Å². The van der Waals surface area contributed by atoms with Crippen LogP contribution >= 0.6 is 15.9 Å². The van der Waals surface area contributed by atoms with Gasteiger partial charge in [0.15, 0.2) is 0 Å². The molecular formula is C16H27BrN2. The van der Waals surface area contributed by atoms with Crippen molar-refractivity contribution in [2.24, 2.45) is 5.41 Å². The molecule has 0 spiro atoms. The fraction of sp³-hybridized carbons (Fsp3) is 0.625. The zero-order valence-corrected chi connectivity index (χ0v) is 14.0. The quantitative estimate of drug-likeness (QED) is 0.535. The SMILES string of the molecule is CCCCCC(C)(C)CNCc1cc(N)ccc1Br. The molecule has 108 valence electrons. The summed E-state index contributed by atoms with van der Waals surface area (Å²) in [7, 11) is 0. The Kier molecular flexibility index (Phi) is 6.87. The summed E-state index contributed by atoms with van der Waals surface area (Å²) in [5.41, 5.74) is 8.23. The second kappa shape index (κ2) is 7.91. The Bertz CT molecular complexity index is 388. The molecule has 1 aromatic carbocycles. The molecule has 0 radical (unpaired) electrons. The van der Waals surface area contributed by atoms with Crippen molar-refractivity contribution in [3.8, 4) is 0 Å². The van der Waals surface area contributed by atoms with Crippen molar-refractivity contribution in [3.05, 3.63) is 28.2 Å². The summed E-state index contributed by atoms with van der Waals surface area (Å²) in [5.74, 6) is 0. The van der Waals surface area contributed by atoms with E-state index >= 15 is 0 Å². The predicted molar refractivity (Wildman–Crippen MR) is 88.2 cm³/mol. The summed E-state index contributed by atoms with van der Waals surface area (Å²) < 4.78 is 1.12. The molecular weight excluding hydrogens is 300 g/mol. The monoisotopic (exact) mass is 326 g/mol. The molecule has 0 saturated heterocycles. The Labute approximate surface area is 126 Å². The van der Waals surface area contributed by atoms with Gasteiger partial charge < -0.3 is 11.1 Å². The first-order valence-electron chi connectivity index (χ1n) is 7.19. The molecule has 0 aromatic heterocycles. The summed E-state index contributed by atoms with van der Waals surface area (Å²) in [4.78, 5) is 0. The number of hydrogen-bond donors (Lipinski definition) is 2. The van der Waals surface area contributed by atoms with Crippen molar-refractivity contribution in [1.29, 1.82) is 0 Å². The molecule has 2 nitrogen and oxygen atoms in total. The first kappa shape index (κ1) is 16.5. The second-order valence-electron chi connectivity index (χ2n) is 6.08. The van der Waals surface area contributed by atoms with Gasteiger partial charge in [0.25, 0.3) is 0 Å². The van der Waals surface area contributed by atoms with E-state index in [9.17, 15) is 0 Å². The highest BCUT2D eigenvalue weighted by Gasteiger charge is 2.16. The molecule has 1 aromatic rings. The zero-order chi connectivity index (χ0) is 14.3. The number of nitrogens with one attached hydrogen (secondary N) is 1. The molecule has 0 amide bonds. The fourth-order valence-corrected chi connectivity index (χ4v) is 2.59. The van der Waals surface area contributed by atoms with Crippen molar-refractivity contribution in [3.63, 3.8) is 0 Å². The Morgan fingerprint density at radius 1 is 1.26 bits per heavy atom. The molecule has 0 aliphatic heterocycles. The lowest BCUT2D eigenvalue weighted by atomic mass is 9.87. The minimum Gasteiger partial charge on any atom is -0.399 e. The molecule has 0 saturated carbocycles. The minimum absolute atomic E-state index is 0.363. The lowest BCUT2D eigenvalue weighted by Gasteiger charge is -2.25. The van der Waals surface area contributed by atoms with Crippen LogP contribution < -0.4 is 11.1 Å². The highest BCUT2D eigenvalue weighted by molar-refractivity contribution is 9.10. The van der Waals surface area contributed by atoms with Gasteiger partial charge in [-0.25, -0.2) is 0 Å². The summed E-state index contributed by atoms with van der Waals surface area (Å²) in [6, 6.07) is 5.96. The Hall–Kier alpha value is -0.540. The van der Waals surface area contributed by atoms with E-state index < -0.39 is 0 Å². The molecule has 19 heavy (non-hydrogen) atoms. The van der Waals surface area contributed by atoms with Gasteiger partial charge in [0, 0.05) is 23.2 Å². The molecule has 0 fully saturated rings. The molecule has 0 atom stereocenters. The van der Waals surface area contributed by atoms with Gasteiger partial charge in [0.1, 0.15) is 0 Å². The maximum absolute atomic E-state index is 5.82. The third-order valence-electron chi connectivity index (χ3n) is 3.45. The molecule has 0 unspecified atom stereocenters. The fourth-order valence-electron chi connectivity index (χ4n) is 2.21. The van der Waals surface area contributed by atoms with E-state index in [0.29, 0.717) is 5.41 Å². The van der Waals surface area contributed by atoms with Gasteiger partial charge >= 0.3 is 0 Å². The lowest BCUT2D eigenvalue weighted by molar-refractivity contribution is 0.302. The van der Waals surface area contributed by atoms with Crippen LogP contribution in [0.25, 0.3) is 0 Å². The van der Waals surface area contributed by atoms with E-state index in [2.05, 4.69) is 42.0 Å². The molecule has 1 rings (SSSR count). The number of halogens is 1. The van der Waals surface area contributed by atoms with Crippen molar-refractivity contribution in [2.75, 3.05) is 12.3 Å². The smallest absolute Gasteiger partial charge is 0.0318 e. The maximum atomic E-state index is 5.82. The Morgan fingerprint density at radius 2 is 2.00 bits per heavy atom. The highest BCUT2D eigenvalue weighted by Crippen LogP contribution is 2.24. The van der Waals surface area contributed by atoms with Crippen LogP contribution in [0.4, 0.5) is 5.69 Å². The minimum atomic E-state index is 0.363. The van der Waals surface area contributed by atoms with E-state index in [1.165, 1.54) is 31.2 Å². The normalized spacial score (nSPS) is 11.8. The Balaban J connectivity index is 2.38. The van der Waals surface area contributed by atoms with Gasteiger partial charge in [-0.15, -0.1) is 0 Å². The zero-order valence-electron chi connectivity index (χ0n) is 12.4. The van der Waals surface area contributed by atoms with Gasteiger partial charge in [0.2, 0.25) is 0 Å². The second-order valence-corrected chi connectivity index (χ2v) is 6.93. The van der Waals surface area contributed by atoms with Crippen molar-refractivity contribution in [2.45, 2.75) is 53.0 Å². The van der Waals surface area contributed by atoms with Crippen LogP contribution in [0.1, 0.15) is 52.0 Å². The van der Waals surface area contributed by atoms with E-state index in [-0.39, 0.29) is 0 Å². The van der Waals surface area contributed by atoms with Gasteiger partial charge in [-0.2, -0.15) is 0 Å². The van der Waals surface area contributed by atoms with Gasteiger partial charge in [-0.1, -0.05) is 56.0 Å². The topological polar surface area (TPSA) is 38.0 Å². The molecule has 0 bridgehead atoms. The van der Waals surface area contributed by atoms with Crippen LogP contribution in [-0.2, 0) is 6.54 Å². The Morgan fingerprint density at radius 3 is 2.68 bits per heavy atom. The van der Waals surface area contributed by atoms with E-state index in [1.807, 2.05) is 18.2 Å². The number of benzene rings is 1. The number of nitrogen functional groups attached to an aromatic ring is 1. The number of unbranched alkanes of at least 4 members (excludes halogenated alkanes) is 2. The van der Waals surface area contributed by atoms with E-state index in [0.717, 1.165) is 23.2 Å². The standard InChI is InChI=1S/C16H27BrN2/c1-4-5-6-9-16(2,3)12-19-11-13-10-14(18)7-8-15(13)17/h7-8,10,19H,4-6,9,11-12,18H2,1-3H3. The summed E-state index contributed by atoms with van der Waals surface area (Å²) in [5, 5.41) is 3.55. The molecule has 3 N–H and O–H groups in total. The van der Waals surface area contributed by atoms with Crippen LogP contribution in [0, 0.1) is 5.41 Å². The van der Waals surface area contributed by atoms with Crippen molar-refractivity contribution >= 4 is 21.6 Å². The number of hydrogen-bond acceptors (Lipinski definition) is 2. The number of anilines is 1. The summed E-state index contributed by atoms with van der Waals surface area (Å²) in [6.07, 6.45) is 5.24. The molecule has 0 aliphatic rings. The van der Waals surface area contributed by atoms with E-state index in [1.54, 1.807) is 0 Å². The van der Waals surface area contributed by atoms with Gasteiger partial charge in [-0.05, 0) is 35.6 Å². The predicted octanol–water partition coefficient (Wildman–Crippen LogP) is 4.73. The first-order chi connectivity index (χ1) is 8.94. The van der Waals surface area contributed by atoms with Crippen molar-refractivity contribution < 1.29 is 0 Å². The third-order valence-corrected chi connectivity index (χ3v) is 4.22. The summed E-state index contributed by atoms with van der Waals surface area (Å²) in [6.45, 7) is 8.83. The summed E-state index contributed by atoms with van der Waals surface area (Å²) >= 11 is 3.57. The van der Waals surface area contributed by atoms with Crippen LogP contribution in [0.15, 0.2) is 22.7 Å². The number of nitrogens with two attached hydrogens (primary N) is 1. The largest absolute Gasteiger partial charge is 0.399 e. The average molecular weight is 327 g/mol. The molecule has 3 heteroatoms. The van der Waals surface area contributed by atoms with Crippen LogP contribution in [0.3, 0.4) is 0 Å². The lowest BCUT2D eigenvalue weighted by Crippen LogP contribution is -2.29. The van der Waals surface area contributed by atoms with Crippen molar-refractivity contribution in [1.82, 2.24) is 5.32 Å². The molecule has 0 heterocycles. The van der Waals surface area contributed by atoms with Crippen LogP contribution in [0.5, 0.6) is 0 Å². The molecule has 0 aliphatic carbocycles. The third kappa shape index (κ3) is 6.44. The van der Waals surface area contributed by atoms with E-state index in [4.69, 9.17) is 5.73 Å². The van der Waals surface area contributed by atoms with Gasteiger partial charge in [-0.3, -0.25) is 0 Å². The van der Waals surface area contributed by atoms with Crippen LogP contribution in [0.2, 0.25) is 0 Å². The van der Waals surface area contributed by atoms with Gasteiger partial charge in [0.05, 0.1) is 0 Å². The number of rotatable bonds is 8. The first-order valence-corrected chi connectivity index (χ1v) is 7.98.